The number of carbonyl (C=O) groups is 4. The van der Waals surface area contributed by atoms with Gasteiger partial charge in [0, 0.05) is 25.7 Å². The molecule has 0 rings (SSSR count). The Morgan fingerprint density at radius 2 is 0.531 bits per heavy atom. The van der Waals surface area contributed by atoms with E-state index in [1.807, 2.05) is 0 Å². The molecule has 570 valence electrons. The summed E-state index contributed by atoms with van der Waals surface area (Å²) in [5.74, 6) is -0.463. The van der Waals surface area contributed by atoms with Crippen LogP contribution in [0.2, 0.25) is 0 Å². The summed E-state index contributed by atoms with van der Waals surface area (Å²) in [6.45, 7) is 9.66. The summed E-state index contributed by atoms with van der Waals surface area (Å²) in [6.07, 6.45) is 56.8. The third-order valence-electron chi connectivity index (χ3n) is 18.3. The predicted octanol–water partition coefficient (Wildman–Crippen LogP) is 22.7. The van der Waals surface area contributed by atoms with E-state index in [4.69, 9.17) is 37.0 Å². The molecule has 0 bridgehead atoms. The van der Waals surface area contributed by atoms with Crippen molar-refractivity contribution in [1.29, 1.82) is 0 Å². The Morgan fingerprint density at radius 1 is 0.302 bits per heavy atom. The monoisotopic (exact) mass is 1410 g/mol. The number of hydrogen-bond acceptors (Lipinski definition) is 15. The van der Waals surface area contributed by atoms with Crippen molar-refractivity contribution in [3.63, 3.8) is 0 Å². The molecule has 0 aromatic heterocycles. The van der Waals surface area contributed by atoms with E-state index in [2.05, 4.69) is 41.5 Å². The molecule has 0 fully saturated rings. The molecule has 0 heterocycles. The van der Waals surface area contributed by atoms with Gasteiger partial charge in [-0.25, -0.2) is 9.13 Å². The van der Waals surface area contributed by atoms with E-state index in [1.165, 1.54) is 212 Å². The van der Waals surface area contributed by atoms with Crippen molar-refractivity contribution in [2.75, 3.05) is 39.6 Å². The van der Waals surface area contributed by atoms with Crippen molar-refractivity contribution in [3.05, 3.63) is 0 Å². The molecule has 0 spiro atoms. The van der Waals surface area contributed by atoms with E-state index in [9.17, 15) is 43.2 Å². The lowest BCUT2D eigenvalue weighted by Gasteiger charge is -2.21. The zero-order valence-corrected chi connectivity index (χ0v) is 64.5. The van der Waals surface area contributed by atoms with Gasteiger partial charge in [0.1, 0.15) is 19.3 Å². The molecule has 0 saturated heterocycles. The van der Waals surface area contributed by atoms with Gasteiger partial charge in [0.25, 0.3) is 0 Å². The van der Waals surface area contributed by atoms with E-state index < -0.39 is 97.5 Å². The number of aliphatic hydroxyl groups is 1. The number of aliphatic hydroxyl groups excluding tert-OH is 1. The number of rotatable bonds is 76. The lowest BCUT2D eigenvalue weighted by atomic mass is 9.99. The van der Waals surface area contributed by atoms with Crippen LogP contribution in [0.25, 0.3) is 0 Å². The van der Waals surface area contributed by atoms with Crippen molar-refractivity contribution in [3.8, 4) is 0 Å². The minimum atomic E-state index is -4.96. The molecule has 96 heavy (non-hydrogen) atoms. The second-order valence-electron chi connectivity index (χ2n) is 28.5. The topological polar surface area (TPSA) is 237 Å². The molecule has 0 amide bonds. The number of ether oxygens (including phenoxy) is 4. The molecular weight excluding hydrogens is 1260 g/mol. The Hall–Kier alpha value is -1.94. The Morgan fingerprint density at radius 3 is 0.792 bits per heavy atom. The summed E-state index contributed by atoms with van der Waals surface area (Å²) in [6, 6.07) is 0. The van der Waals surface area contributed by atoms with Gasteiger partial charge in [0.15, 0.2) is 12.2 Å². The minimum Gasteiger partial charge on any atom is -0.462 e. The van der Waals surface area contributed by atoms with E-state index in [0.29, 0.717) is 25.7 Å². The van der Waals surface area contributed by atoms with E-state index in [1.54, 1.807) is 0 Å². The molecule has 17 nitrogen and oxygen atoms in total. The van der Waals surface area contributed by atoms with Crippen LogP contribution in [-0.2, 0) is 65.4 Å². The molecule has 0 aliphatic rings. The Labute approximate surface area is 588 Å². The first-order chi connectivity index (χ1) is 46.4. The zero-order chi connectivity index (χ0) is 70.7. The maximum absolute atomic E-state index is 13.1. The lowest BCUT2D eigenvalue weighted by molar-refractivity contribution is -0.161. The number of esters is 4. The van der Waals surface area contributed by atoms with Gasteiger partial charge in [-0.3, -0.25) is 37.3 Å². The van der Waals surface area contributed by atoms with Crippen LogP contribution in [0.15, 0.2) is 0 Å². The highest BCUT2D eigenvalue weighted by molar-refractivity contribution is 7.47. The summed E-state index contributed by atoms with van der Waals surface area (Å²) in [4.78, 5) is 72.8. The van der Waals surface area contributed by atoms with Crippen LogP contribution in [0, 0.1) is 11.8 Å². The van der Waals surface area contributed by atoms with Gasteiger partial charge in [-0.2, -0.15) is 0 Å². The van der Waals surface area contributed by atoms with Gasteiger partial charge in [0.05, 0.1) is 26.4 Å². The van der Waals surface area contributed by atoms with Crippen LogP contribution in [0.3, 0.4) is 0 Å². The van der Waals surface area contributed by atoms with Crippen LogP contribution >= 0.6 is 15.6 Å². The molecule has 19 heteroatoms. The van der Waals surface area contributed by atoms with Crippen LogP contribution in [-0.4, -0.2) is 96.7 Å². The third kappa shape index (κ3) is 69.2. The molecule has 0 aliphatic carbocycles. The van der Waals surface area contributed by atoms with Crippen molar-refractivity contribution in [2.24, 2.45) is 11.8 Å². The molecule has 6 atom stereocenters. The zero-order valence-electron chi connectivity index (χ0n) is 62.7. The fourth-order valence-electron chi connectivity index (χ4n) is 11.8. The first-order valence-corrected chi connectivity index (χ1v) is 43.0. The Kier molecular flexibility index (Phi) is 67.4. The average molecular weight is 1410 g/mol. The maximum atomic E-state index is 13.1. The van der Waals surface area contributed by atoms with Gasteiger partial charge in [-0.15, -0.1) is 0 Å². The third-order valence-corrected chi connectivity index (χ3v) is 20.2. The number of unbranched alkanes of at least 4 members (excludes halogenated alkanes) is 45. The molecule has 3 unspecified atom stereocenters. The largest absolute Gasteiger partial charge is 0.472 e. The van der Waals surface area contributed by atoms with Gasteiger partial charge in [0.2, 0.25) is 0 Å². The van der Waals surface area contributed by atoms with E-state index >= 15 is 0 Å². The number of hydrogen-bond donors (Lipinski definition) is 3. The van der Waals surface area contributed by atoms with Crippen LogP contribution in [0.5, 0.6) is 0 Å². The highest BCUT2D eigenvalue weighted by atomic mass is 31.2. The van der Waals surface area contributed by atoms with Gasteiger partial charge >= 0.3 is 39.5 Å². The molecule has 0 aliphatic heterocycles. The smallest absolute Gasteiger partial charge is 0.462 e. The molecule has 0 saturated carbocycles. The predicted molar refractivity (Wildman–Crippen MR) is 391 cm³/mol. The molecule has 3 N–H and O–H groups in total. The maximum Gasteiger partial charge on any atom is 0.472 e. The first kappa shape index (κ1) is 94.1. The van der Waals surface area contributed by atoms with Crippen LogP contribution in [0.4, 0.5) is 0 Å². The first-order valence-electron chi connectivity index (χ1n) is 40.0. The SMILES string of the molecule is CCCCCCCCCCCCCCC(=O)O[C@H](COC(=O)CCCCCCCCCC)COP(=O)(O)OC[C@H](O)COP(=O)(O)OC[C@@H](COC(=O)CCCCCCCCCCCCCCCCC(C)CC)OC(=O)CCCCCCCCCCCCCCCCCC(C)C. The number of phosphoric ester groups is 2. The van der Waals surface area contributed by atoms with Crippen molar-refractivity contribution in [1.82, 2.24) is 0 Å². The van der Waals surface area contributed by atoms with Crippen molar-refractivity contribution < 1.29 is 80.2 Å². The van der Waals surface area contributed by atoms with Gasteiger partial charge < -0.3 is 33.8 Å². The number of carbonyl (C=O) groups excluding carboxylic acids is 4. The van der Waals surface area contributed by atoms with Crippen LogP contribution in [0.1, 0.15) is 401 Å². The number of phosphoric acid groups is 2. The molecular formula is C77H150O17P2. The molecule has 0 aromatic rings. The van der Waals surface area contributed by atoms with E-state index in [-0.39, 0.29) is 25.7 Å². The van der Waals surface area contributed by atoms with Crippen LogP contribution < -0.4 is 0 Å². The molecule has 0 aromatic carbocycles. The lowest BCUT2D eigenvalue weighted by Crippen LogP contribution is -2.30. The summed E-state index contributed by atoms with van der Waals surface area (Å²) in [5.41, 5.74) is 0. The highest BCUT2D eigenvalue weighted by Gasteiger charge is 2.30. The fourth-order valence-corrected chi connectivity index (χ4v) is 13.4. The second-order valence-corrected chi connectivity index (χ2v) is 31.4. The Balaban J connectivity index is 5.21. The minimum absolute atomic E-state index is 0.107. The summed E-state index contributed by atoms with van der Waals surface area (Å²) in [5, 5.41) is 10.6. The quantitative estimate of drug-likeness (QED) is 0.0222. The second kappa shape index (κ2) is 68.8. The summed E-state index contributed by atoms with van der Waals surface area (Å²) < 4.78 is 68.5. The van der Waals surface area contributed by atoms with Gasteiger partial charge in [-0.05, 0) is 37.5 Å². The van der Waals surface area contributed by atoms with E-state index in [0.717, 1.165) is 108 Å². The van der Waals surface area contributed by atoms with Crippen molar-refractivity contribution >= 4 is 39.5 Å². The highest BCUT2D eigenvalue weighted by Crippen LogP contribution is 2.45. The summed E-state index contributed by atoms with van der Waals surface area (Å²) >= 11 is 0. The molecule has 0 radical (unpaired) electrons. The van der Waals surface area contributed by atoms with Crippen molar-refractivity contribution in [2.45, 2.75) is 419 Å². The average Bonchev–Trinajstić information content (AvgIpc) is 1.40. The normalized spacial score (nSPS) is 14.3. The fraction of sp³-hybridized carbons (Fsp3) is 0.948. The Bertz CT molecular complexity index is 1860. The standard InChI is InChI=1S/C77H150O17P2/c1-7-10-12-14-16-18-19-31-37-43-49-55-61-76(81)93-72(65-87-74(79)59-53-47-41-17-15-13-11-8-2)67-91-95(83,84)89-63-71(78)64-90-96(85,86)92-68-73(94-77(82)62-56-50-44-38-33-28-22-20-21-25-29-34-39-45-51-57-69(4)5)66-88-75(80)60-54-48-42-36-32-27-24-23-26-30-35-40-46-52-58-70(6)9-3/h69-73,78H,7-68H2,1-6H3,(H,83,84)(H,85,86)/t70?,71-,72+,73+/m0/s1. The van der Waals surface area contributed by atoms with Gasteiger partial charge in [-0.1, -0.05) is 350 Å². The summed E-state index contributed by atoms with van der Waals surface area (Å²) in [7, 11) is -9.91.